The molecule has 23 heavy (non-hydrogen) atoms. The zero-order valence-corrected chi connectivity index (χ0v) is 14.6. The van der Waals surface area contributed by atoms with Crippen LogP contribution in [0.1, 0.15) is 27.7 Å². The fourth-order valence-corrected chi connectivity index (χ4v) is 2.58. The first kappa shape index (κ1) is 19.4. The van der Waals surface area contributed by atoms with Gasteiger partial charge in [-0.05, 0) is 15.9 Å². The van der Waals surface area contributed by atoms with Crippen molar-refractivity contribution in [2.24, 2.45) is 0 Å². The quantitative estimate of drug-likeness (QED) is 0.370. The second-order valence-electron chi connectivity index (χ2n) is 4.77. The molecule has 1 rings (SSSR count). The first-order chi connectivity index (χ1) is 10.5. The lowest BCUT2D eigenvalue weighted by Crippen LogP contribution is -2.46. The summed E-state index contributed by atoms with van der Waals surface area (Å²) in [6.45, 7) is 4.23. The molecule has 1 fully saturated rings. The zero-order valence-electron chi connectivity index (χ0n) is 13.0. The van der Waals surface area contributed by atoms with E-state index in [2.05, 4.69) is 15.9 Å². The van der Waals surface area contributed by atoms with Gasteiger partial charge in [0.1, 0.15) is 6.61 Å². The Bertz CT molecular complexity index is 506. The second-order valence-corrected chi connectivity index (χ2v) is 6.11. The number of alkyl halides is 1. The van der Waals surface area contributed by atoms with Crippen LogP contribution in [-0.2, 0) is 42.9 Å². The highest BCUT2D eigenvalue weighted by atomic mass is 79.9. The van der Waals surface area contributed by atoms with Crippen LogP contribution in [0.2, 0.25) is 0 Å². The summed E-state index contributed by atoms with van der Waals surface area (Å²) in [4.78, 5) is 44.8. The van der Waals surface area contributed by atoms with Gasteiger partial charge in [-0.15, -0.1) is 0 Å². The molecule has 0 radical (unpaired) electrons. The lowest BCUT2D eigenvalue weighted by molar-refractivity contribution is -0.199. The van der Waals surface area contributed by atoms with E-state index < -0.39 is 46.9 Å². The maximum Gasteiger partial charge on any atom is 0.305 e. The van der Waals surface area contributed by atoms with E-state index >= 15 is 0 Å². The zero-order chi connectivity index (χ0) is 17.8. The van der Waals surface area contributed by atoms with Crippen LogP contribution in [0.4, 0.5) is 0 Å². The van der Waals surface area contributed by atoms with Gasteiger partial charge in [0.25, 0.3) is 0 Å². The topological polar surface area (TPSA) is 114 Å². The van der Waals surface area contributed by atoms with Crippen molar-refractivity contribution < 1.29 is 42.9 Å². The predicted octanol–water partition coefficient (Wildman–Crippen LogP) is 0.423. The van der Waals surface area contributed by atoms with E-state index in [0.717, 1.165) is 20.8 Å². The summed E-state index contributed by atoms with van der Waals surface area (Å²) in [6.07, 6.45) is -3.77. The van der Waals surface area contributed by atoms with E-state index in [9.17, 15) is 19.2 Å². The molecule has 1 heterocycles. The number of hydrogen-bond acceptors (Lipinski definition) is 9. The minimum atomic E-state index is -1.54. The number of carbonyl (C=O) groups excluding carboxylic acids is 4. The third-order valence-electron chi connectivity index (χ3n) is 2.65. The standard InChI is InChI=1S/C13H17BrO9/c1-6(15)19-5-13(14)11(21-8(3)17)10(20-7(2)16)12(23-13)22-9(4)18/h10-12H,5H2,1-4H3/t10-,11+,12?,13-/m1/s1. The number of hydrogen-bond donors (Lipinski definition) is 0. The van der Waals surface area contributed by atoms with Gasteiger partial charge >= 0.3 is 23.9 Å². The molecular weight excluding hydrogens is 380 g/mol. The van der Waals surface area contributed by atoms with Crippen molar-refractivity contribution in [1.82, 2.24) is 0 Å². The van der Waals surface area contributed by atoms with Crippen LogP contribution in [0.5, 0.6) is 0 Å². The average molecular weight is 397 g/mol. The fraction of sp³-hybridized carbons (Fsp3) is 0.692. The Balaban J connectivity index is 3.11. The molecule has 0 saturated carbocycles. The first-order valence-corrected chi connectivity index (χ1v) is 7.36. The molecule has 130 valence electrons. The van der Waals surface area contributed by atoms with Crippen LogP contribution in [-0.4, -0.2) is 53.5 Å². The summed E-state index contributed by atoms with van der Waals surface area (Å²) in [5, 5.41) is 0. The predicted molar refractivity (Wildman–Crippen MR) is 76.0 cm³/mol. The molecule has 0 aromatic rings. The Morgan fingerprint density at radius 2 is 1.43 bits per heavy atom. The first-order valence-electron chi connectivity index (χ1n) is 6.57. The van der Waals surface area contributed by atoms with Gasteiger partial charge in [-0.25, -0.2) is 0 Å². The van der Waals surface area contributed by atoms with Crippen LogP contribution in [0.25, 0.3) is 0 Å². The summed E-state index contributed by atoms with van der Waals surface area (Å²) in [7, 11) is 0. The largest absolute Gasteiger partial charge is 0.462 e. The Morgan fingerprint density at radius 3 is 1.87 bits per heavy atom. The van der Waals surface area contributed by atoms with Crippen LogP contribution in [0, 0.1) is 0 Å². The van der Waals surface area contributed by atoms with Crippen molar-refractivity contribution >= 4 is 39.8 Å². The van der Waals surface area contributed by atoms with Crippen molar-refractivity contribution in [2.45, 2.75) is 50.7 Å². The molecule has 1 unspecified atom stereocenters. The number of carbonyl (C=O) groups is 4. The van der Waals surface area contributed by atoms with Crippen molar-refractivity contribution in [1.29, 1.82) is 0 Å². The van der Waals surface area contributed by atoms with Crippen molar-refractivity contribution in [3.8, 4) is 0 Å². The highest BCUT2D eigenvalue weighted by Gasteiger charge is 2.60. The fourth-order valence-electron chi connectivity index (χ4n) is 1.93. The third kappa shape index (κ3) is 5.47. The Labute approximate surface area is 140 Å². The summed E-state index contributed by atoms with van der Waals surface area (Å²) in [5.41, 5.74) is 0. The Hall–Kier alpha value is -1.68. The van der Waals surface area contributed by atoms with E-state index in [1.54, 1.807) is 0 Å². The number of halogens is 1. The van der Waals surface area contributed by atoms with Crippen LogP contribution in [0.3, 0.4) is 0 Å². The Morgan fingerprint density at radius 1 is 0.913 bits per heavy atom. The lowest BCUT2D eigenvalue weighted by atomic mass is 10.1. The molecular formula is C13H17BrO9. The van der Waals surface area contributed by atoms with Crippen LogP contribution >= 0.6 is 15.9 Å². The van der Waals surface area contributed by atoms with E-state index in [1.807, 2.05) is 0 Å². The highest BCUT2D eigenvalue weighted by Crippen LogP contribution is 2.41. The van der Waals surface area contributed by atoms with E-state index in [0.29, 0.717) is 0 Å². The maximum absolute atomic E-state index is 11.3. The van der Waals surface area contributed by atoms with Gasteiger partial charge in [-0.1, -0.05) is 0 Å². The second kappa shape index (κ2) is 7.73. The van der Waals surface area contributed by atoms with Crippen molar-refractivity contribution in [2.75, 3.05) is 6.61 Å². The summed E-state index contributed by atoms with van der Waals surface area (Å²) < 4.78 is 23.9. The van der Waals surface area contributed by atoms with Gasteiger partial charge < -0.3 is 23.7 Å². The molecule has 9 nitrogen and oxygen atoms in total. The molecule has 10 heteroatoms. The van der Waals surface area contributed by atoms with Crippen molar-refractivity contribution in [3.05, 3.63) is 0 Å². The highest BCUT2D eigenvalue weighted by molar-refractivity contribution is 9.10. The van der Waals surface area contributed by atoms with Gasteiger partial charge in [0.05, 0.1) is 0 Å². The van der Waals surface area contributed by atoms with Gasteiger partial charge in [0, 0.05) is 27.7 Å². The SMILES string of the molecule is CC(=O)OC[C@@]1(Br)OC(OC(C)=O)[C@H](OC(C)=O)[C@@H]1OC(C)=O. The summed E-state index contributed by atoms with van der Waals surface area (Å²) >= 11 is 3.17. The minimum absolute atomic E-state index is 0.365. The van der Waals surface area contributed by atoms with Gasteiger partial charge in [-0.2, -0.15) is 0 Å². The summed E-state index contributed by atoms with van der Waals surface area (Å²) in [5.74, 6) is -2.69. The van der Waals surface area contributed by atoms with Gasteiger partial charge in [-0.3, -0.25) is 19.2 Å². The molecule has 0 aromatic heterocycles. The molecule has 0 amide bonds. The van der Waals surface area contributed by atoms with Gasteiger partial charge in [0.2, 0.25) is 16.9 Å². The maximum atomic E-state index is 11.3. The Kier molecular flexibility index (Phi) is 6.51. The monoisotopic (exact) mass is 396 g/mol. The smallest absolute Gasteiger partial charge is 0.305 e. The van der Waals surface area contributed by atoms with E-state index in [-0.39, 0.29) is 6.61 Å². The molecule has 4 atom stereocenters. The number of rotatable bonds is 5. The molecule has 0 aromatic carbocycles. The average Bonchev–Trinajstić information content (AvgIpc) is 2.60. The van der Waals surface area contributed by atoms with Crippen LogP contribution < -0.4 is 0 Å². The minimum Gasteiger partial charge on any atom is -0.462 e. The molecule has 0 aliphatic carbocycles. The molecule has 0 N–H and O–H groups in total. The molecule has 1 aliphatic heterocycles. The number of esters is 4. The molecule has 0 bridgehead atoms. The van der Waals surface area contributed by atoms with E-state index in [4.69, 9.17) is 23.7 Å². The lowest BCUT2D eigenvalue weighted by Gasteiger charge is -2.27. The number of ether oxygens (including phenoxy) is 5. The third-order valence-corrected chi connectivity index (χ3v) is 3.52. The van der Waals surface area contributed by atoms with E-state index in [1.165, 1.54) is 6.92 Å². The van der Waals surface area contributed by atoms with Crippen LogP contribution in [0.15, 0.2) is 0 Å². The molecule has 1 aliphatic rings. The normalized spacial score (nSPS) is 29.5. The van der Waals surface area contributed by atoms with Gasteiger partial charge in [0.15, 0.2) is 6.10 Å². The summed E-state index contributed by atoms with van der Waals surface area (Å²) in [6, 6.07) is 0. The van der Waals surface area contributed by atoms with Crippen molar-refractivity contribution in [3.63, 3.8) is 0 Å². The molecule has 1 saturated heterocycles. The molecule has 0 spiro atoms.